The normalized spacial score (nSPS) is 21.5. The van der Waals surface area contributed by atoms with Gasteiger partial charge in [0.2, 0.25) is 11.8 Å². The van der Waals surface area contributed by atoms with Crippen molar-refractivity contribution in [2.75, 3.05) is 40.4 Å². The van der Waals surface area contributed by atoms with Crippen molar-refractivity contribution in [1.29, 1.82) is 0 Å². The summed E-state index contributed by atoms with van der Waals surface area (Å²) in [4.78, 5) is 29.1. The largest absolute Gasteiger partial charge is 0.381 e. The third kappa shape index (κ3) is 3.05. The van der Waals surface area contributed by atoms with E-state index in [2.05, 4.69) is 5.10 Å². The van der Waals surface area contributed by atoms with Crippen LogP contribution >= 0.6 is 0 Å². The molecule has 0 radical (unpaired) electrons. The van der Waals surface area contributed by atoms with Crippen LogP contribution in [-0.4, -0.2) is 71.8 Å². The molecule has 3 rings (SSSR count). The monoisotopic (exact) mass is 334 g/mol. The standard InChI is InChI=1S/C17H26N4O3/c1-19(2)16(23)17(21-9-3-8-18-21)6-10-20(11-7-17)15(22)14-4-12-24-13-5-14/h3,8-9,14H,4-7,10-13H2,1-2H3. The van der Waals surface area contributed by atoms with Crippen LogP contribution in [0.1, 0.15) is 25.7 Å². The number of likely N-dealkylation sites (tertiary alicyclic amines) is 1. The van der Waals surface area contributed by atoms with E-state index < -0.39 is 5.54 Å². The first kappa shape index (κ1) is 17.0. The molecule has 1 aromatic heterocycles. The van der Waals surface area contributed by atoms with Crippen molar-refractivity contribution in [2.24, 2.45) is 5.92 Å². The molecule has 2 aliphatic rings. The summed E-state index contributed by atoms with van der Waals surface area (Å²) in [6, 6.07) is 1.84. The quantitative estimate of drug-likeness (QED) is 0.817. The Balaban J connectivity index is 1.72. The van der Waals surface area contributed by atoms with Crippen molar-refractivity contribution in [3.05, 3.63) is 18.5 Å². The minimum Gasteiger partial charge on any atom is -0.381 e. The molecule has 2 saturated heterocycles. The zero-order chi connectivity index (χ0) is 17.2. The molecule has 2 amide bonds. The molecule has 0 spiro atoms. The number of rotatable bonds is 3. The molecule has 1 aromatic rings. The van der Waals surface area contributed by atoms with Crippen molar-refractivity contribution in [1.82, 2.24) is 19.6 Å². The molecule has 2 fully saturated rings. The van der Waals surface area contributed by atoms with Gasteiger partial charge < -0.3 is 14.5 Å². The number of aromatic nitrogens is 2. The van der Waals surface area contributed by atoms with Gasteiger partial charge in [-0.2, -0.15) is 5.10 Å². The highest BCUT2D eigenvalue weighted by atomic mass is 16.5. The first-order valence-corrected chi connectivity index (χ1v) is 8.63. The van der Waals surface area contributed by atoms with Crippen molar-refractivity contribution in [3.8, 4) is 0 Å². The zero-order valence-electron chi connectivity index (χ0n) is 14.5. The van der Waals surface area contributed by atoms with Crippen molar-refractivity contribution in [3.63, 3.8) is 0 Å². The molecule has 0 saturated carbocycles. The number of amides is 2. The van der Waals surface area contributed by atoms with Gasteiger partial charge in [-0.15, -0.1) is 0 Å². The number of nitrogens with zero attached hydrogens (tertiary/aromatic N) is 4. The lowest BCUT2D eigenvalue weighted by Gasteiger charge is -2.43. The first-order valence-electron chi connectivity index (χ1n) is 8.63. The number of likely N-dealkylation sites (N-methyl/N-ethyl adjacent to an activating group) is 1. The lowest BCUT2D eigenvalue weighted by atomic mass is 9.85. The maximum Gasteiger partial charge on any atom is 0.250 e. The summed E-state index contributed by atoms with van der Waals surface area (Å²) in [5.74, 6) is 0.328. The van der Waals surface area contributed by atoms with Crippen LogP contribution in [0.3, 0.4) is 0 Å². The Labute approximate surface area is 142 Å². The van der Waals surface area contributed by atoms with Crippen molar-refractivity contribution in [2.45, 2.75) is 31.2 Å². The molecule has 24 heavy (non-hydrogen) atoms. The van der Waals surface area contributed by atoms with E-state index in [1.165, 1.54) is 0 Å². The van der Waals surface area contributed by atoms with Gasteiger partial charge in [-0.05, 0) is 31.7 Å². The molecule has 0 N–H and O–H groups in total. The molecule has 0 aromatic carbocycles. The van der Waals surface area contributed by atoms with E-state index in [1.54, 1.807) is 29.9 Å². The van der Waals surface area contributed by atoms with E-state index in [1.807, 2.05) is 17.2 Å². The summed E-state index contributed by atoms with van der Waals surface area (Å²) < 4.78 is 7.11. The molecule has 7 heteroatoms. The third-order valence-corrected chi connectivity index (χ3v) is 5.22. The molecule has 3 heterocycles. The van der Waals surface area contributed by atoms with E-state index in [9.17, 15) is 9.59 Å². The Kier molecular flexibility index (Phi) is 4.89. The lowest BCUT2D eigenvalue weighted by molar-refractivity contribution is -0.148. The van der Waals surface area contributed by atoms with Crippen LogP contribution in [0.25, 0.3) is 0 Å². The van der Waals surface area contributed by atoms with E-state index in [0.29, 0.717) is 39.1 Å². The molecule has 132 valence electrons. The highest BCUT2D eigenvalue weighted by Crippen LogP contribution is 2.32. The summed E-state index contributed by atoms with van der Waals surface area (Å²) in [5, 5.41) is 4.32. The minimum absolute atomic E-state index is 0.0457. The zero-order valence-corrected chi connectivity index (χ0v) is 14.5. The van der Waals surface area contributed by atoms with E-state index in [0.717, 1.165) is 12.8 Å². The van der Waals surface area contributed by atoms with Gasteiger partial charge in [-0.25, -0.2) is 0 Å². The van der Waals surface area contributed by atoms with Gasteiger partial charge in [0.25, 0.3) is 0 Å². The molecule has 0 unspecified atom stereocenters. The summed E-state index contributed by atoms with van der Waals surface area (Å²) in [6.07, 6.45) is 6.34. The second kappa shape index (κ2) is 6.93. The van der Waals surface area contributed by atoms with Gasteiger partial charge in [0.05, 0.1) is 0 Å². The summed E-state index contributed by atoms with van der Waals surface area (Å²) in [5.41, 5.74) is -0.681. The molecular formula is C17H26N4O3. The number of ether oxygens (including phenoxy) is 1. The van der Waals surface area contributed by atoms with Crippen LogP contribution in [-0.2, 0) is 19.9 Å². The Morgan fingerprint density at radius 1 is 1.21 bits per heavy atom. The predicted molar refractivity (Wildman–Crippen MR) is 88.3 cm³/mol. The van der Waals surface area contributed by atoms with Crippen LogP contribution in [0.5, 0.6) is 0 Å². The van der Waals surface area contributed by atoms with Crippen LogP contribution in [0.4, 0.5) is 0 Å². The maximum atomic E-state index is 12.8. The van der Waals surface area contributed by atoms with Crippen LogP contribution in [0, 0.1) is 5.92 Å². The average Bonchev–Trinajstić information content (AvgIpc) is 3.16. The van der Waals surface area contributed by atoms with Crippen LogP contribution < -0.4 is 0 Å². The maximum absolute atomic E-state index is 12.8. The topological polar surface area (TPSA) is 67.7 Å². The molecule has 0 bridgehead atoms. The number of piperidine rings is 1. The Bertz CT molecular complexity index is 571. The highest BCUT2D eigenvalue weighted by molar-refractivity contribution is 5.85. The minimum atomic E-state index is -0.681. The Hall–Kier alpha value is -1.89. The number of hydrogen-bond acceptors (Lipinski definition) is 4. The number of carbonyl (C=O) groups is 2. The molecule has 0 atom stereocenters. The fourth-order valence-electron chi connectivity index (χ4n) is 3.78. The van der Waals surface area contributed by atoms with Gasteiger partial charge in [0.15, 0.2) is 0 Å². The lowest BCUT2D eigenvalue weighted by Crippen LogP contribution is -2.56. The number of hydrogen-bond donors (Lipinski definition) is 0. The Morgan fingerprint density at radius 2 is 1.88 bits per heavy atom. The first-order chi connectivity index (χ1) is 11.5. The van der Waals surface area contributed by atoms with Gasteiger partial charge in [-0.3, -0.25) is 14.3 Å². The summed E-state index contributed by atoms with van der Waals surface area (Å²) >= 11 is 0. The van der Waals surface area contributed by atoms with Crippen LogP contribution in [0.15, 0.2) is 18.5 Å². The van der Waals surface area contributed by atoms with Gasteiger partial charge in [-0.1, -0.05) is 0 Å². The molecule has 0 aliphatic carbocycles. The SMILES string of the molecule is CN(C)C(=O)C1(n2cccn2)CCN(C(=O)C2CCOCC2)CC1. The second-order valence-electron chi connectivity index (χ2n) is 6.89. The highest BCUT2D eigenvalue weighted by Gasteiger charge is 2.45. The van der Waals surface area contributed by atoms with Gasteiger partial charge in [0, 0.05) is 58.7 Å². The summed E-state index contributed by atoms with van der Waals surface area (Å²) in [7, 11) is 3.54. The van der Waals surface area contributed by atoms with Gasteiger partial charge in [0.1, 0.15) is 5.54 Å². The molecule has 7 nitrogen and oxygen atoms in total. The van der Waals surface area contributed by atoms with Crippen molar-refractivity contribution >= 4 is 11.8 Å². The predicted octanol–water partition coefficient (Wildman–Crippen LogP) is 0.716. The number of carbonyl (C=O) groups excluding carboxylic acids is 2. The summed E-state index contributed by atoms with van der Waals surface area (Å²) in [6.45, 7) is 2.52. The molecular weight excluding hydrogens is 308 g/mol. The second-order valence-corrected chi connectivity index (χ2v) is 6.89. The van der Waals surface area contributed by atoms with Gasteiger partial charge >= 0.3 is 0 Å². The van der Waals surface area contributed by atoms with Crippen LogP contribution in [0.2, 0.25) is 0 Å². The fourth-order valence-corrected chi connectivity index (χ4v) is 3.78. The smallest absolute Gasteiger partial charge is 0.250 e. The van der Waals surface area contributed by atoms with E-state index in [-0.39, 0.29) is 17.7 Å². The molecule has 2 aliphatic heterocycles. The Morgan fingerprint density at radius 3 is 2.42 bits per heavy atom. The average molecular weight is 334 g/mol. The fraction of sp³-hybridized carbons (Fsp3) is 0.706. The van der Waals surface area contributed by atoms with Crippen molar-refractivity contribution < 1.29 is 14.3 Å². The van der Waals surface area contributed by atoms with E-state index in [4.69, 9.17) is 4.74 Å². The van der Waals surface area contributed by atoms with E-state index >= 15 is 0 Å². The third-order valence-electron chi connectivity index (χ3n) is 5.22.